The summed E-state index contributed by atoms with van der Waals surface area (Å²) in [7, 11) is 0. The van der Waals surface area contributed by atoms with Gasteiger partial charge in [-0.3, -0.25) is 4.79 Å². The molecule has 0 radical (unpaired) electrons. The zero-order chi connectivity index (χ0) is 18.8. The van der Waals surface area contributed by atoms with E-state index in [4.69, 9.17) is 5.11 Å². The van der Waals surface area contributed by atoms with E-state index < -0.39 is 18.0 Å². The van der Waals surface area contributed by atoms with Crippen LogP contribution in [0.15, 0.2) is 12.2 Å². The normalized spacial score (nSPS) is 12.0. The SMILES string of the molecule is CCCCCCCC/C=C\CCCCCCCC(=O)OC(=O)C(C)O.[CsH]. The Morgan fingerprint density at radius 2 is 1.31 bits per heavy atom. The molecule has 0 aromatic rings. The number of ether oxygens (including phenoxy) is 1. The van der Waals surface area contributed by atoms with Gasteiger partial charge in [-0.1, -0.05) is 70.4 Å². The zero-order valence-electron chi connectivity index (χ0n) is 16.3. The molecule has 0 bridgehead atoms. The second-order valence-electron chi connectivity index (χ2n) is 6.80. The van der Waals surface area contributed by atoms with Crippen molar-refractivity contribution in [3.8, 4) is 0 Å². The average molecular weight is 488 g/mol. The van der Waals surface area contributed by atoms with Crippen LogP contribution in [0.2, 0.25) is 0 Å². The van der Waals surface area contributed by atoms with Crippen molar-refractivity contribution in [2.75, 3.05) is 0 Å². The molecule has 5 heteroatoms. The summed E-state index contributed by atoms with van der Waals surface area (Å²) in [5.41, 5.74) is 0. The molecule has 0 heterocycles. The Morgan fingerprint density at radius 3 is 1.81 bits per heavy atom. The summed E-state index contributed by atoms with van der Waals surface area (Å²) in [5.74, 6) is -1.40. The average Bonchev–Trinajstić information content (AvgIpc) is 2.58. The number of carbonyl (C=O) groups excluding carboxylic acids is 2. The van der Waals surface area contributed by atoms with Crippen LogP contribution in [-0.4, -0.2) is 92.0 Å². The van der Waals surface area contributed by atoms with Crippen molar-refractivity contribution in [3.63, 3.8) is 0 Å². The van der Waals surface area contributed by atoms with Gasteiger partial charge in [0, 0.05) is 6.42 Å². The maximum atomic E-state index is 11.3. The van der Waals surface area contributed by atoms with Crippen LogP contribution >= 0.6 is 0 Å². The van der Waals surface area contributed by atoms with Crippen molar-refractivity contribution in [2.24, 2.45) is 0 Å². The third kappa shape index (κ3) is 21.2. The first-order valence-electron chi connectivity index (χ1n) is 10.2. The molecule has 0 rings (SSSR count). The van der Waals surface area contributed by atoms with Crippen LogP contribution in [0.5, 0.6) is 0 Å². The standard InChI is InChI=1S/C21H38O4.Cs.H/c1-3-4-5-6-7-8-9-10-11-12-13-14-15-16-17-18-20(23)25-21(24)19(2)22;;/h10-11,19,22H,3-9,12-18H2,1-2H3;;/b11-10-;;. The van der Waals surface area contributed by atoms with Crippen LogP contribution in [0.25, 0.3) is 0 Å². The molecule has 1 N–H and O–H groups in total. The number of carbonyl (C=O) groups is 2. The molecule has 148 valence electrons. The molecule has 0 aliphatic heterocycles. The number of aliphatic hydroxyl groups is 1. The first kappa shape index (κ1) is 29.1. The molecule has 0 aromatic carbocycles. The minimum absolute atomic E-state index is 0. The second-order valence-corrected chi connectivity index (χ2v) is 6.80. The van der Waals surface area contributed by atoms with Gasteiger partial charge in [0.25, 0.3) is 0 Å². The predicted octanol–water partition coefficient (Wildman–Crippen LogP) is 4.83. The summed E-state index contributed by atoms with van der Waals surface area (Å²) < 4.78 is 4.49. The van der Waals surface area contributed by atoms with Gasteiger partial charge in [-0.15, -0.1) is 0 Å². The van der Waals surface area contributed by atoms with E-state index in [1.54, 1.807) is 0 Å². The number of hydrogen-bond donors (Lipinski definition) is 1. The number of unbranched alkanes of at least 4 members (excludes halogenated alkanes) is 11. The van der Waals surface area contributed by atoms with Crippen molar-refractivity contribution in [2.45, 2.75) is 110 Å². The van der Waals surface area contributed by atoms with Gasteiger partial charge in [-0.2, -0.15) is 0 Å². The van der Waals surface area contributed by atoms with E-state index >= 15 is 0 Å². The Hall–Kier alpha value is 0.892. The van der Waals surface area contributed by atoms with Gasteiger partial charge in [0.1, 0.15) is 6.10 Å². The minimum atomic E-state index is -1.24. The van der Waals surface area contributed by atoms with Gasteiger partial charge in [0.2, 0.25) is 0 Å². The molecule has 0 saturated carbocycles. The quantitative estimate of drug-likeness (QED) is 0.146. The van der Waals surface area contributed by atoms with Crippen LogP contribution in [0.1, 0.15) is 104 Å². The summed E-state index contributed by atoms with van der Waals surface area (Å²) in [5, 5.41) is 8.94. The predicted molar refractivity (Wildman–Crippen MR) is 109 cm³/mol. The molecular formula is C21H39CsO4. The molecule has 0 fully saturated rings. The van der Waals surface area contributed by atoms with E-state index in [-0.39, 0.29) is 75.3 Å². The fourth-order valence-corrected chi connectivity index (χ4v) is 2.59. The van der Waals surface area contributed by atoms with Crippen LogP contribution in [0.4, 0.5) is 0 Å². The molecule has 1 unspecified atom stereocenters. The molecule has 0 aromatic heterocycles. The summed E-state index contributed by atoms with van der Waals surface area (Å²) in [6.07, 6.45) is 19.3. The first-order chi connectivity index (χ1) is 12.1. The molecule has 0 saturated heterocycles. The van der Waals surface area contributed by atoms with Gasteiger partial charge in [0.15, 0.2) is 0 Å². The van der Waals surface area contributed by atoms with Crippen LogP contribution in [0.3, 0.4) is 0 Å². The van der Waals surface area contributed by atoms with Gasteiger partial charge in [-0.25, -0.2) is 4.79 Å². The topological polar surface area (TPSA) is 63.6 Å². The second kappa shape index (κ2) is 22.2. The summed E-state index contributed by atoms with van der Waals surface area (Å²) >= 11 is 0. The van der Waals surface area contributed by atoms with E-state index in [0.29, 0.717) is 0 Å². The molecule has 0 amide bonds. The molecule has 0 aliphatic carbocycles. The fourth-order valence-electron chi connectivity index (χ4n) is 2.59. The van der Waals surface area contributed by atoms with Crippen LogP contribution in [-0.2, 0) is 14.3 Å². The van der Waals surface area contributed by atoms with Crippen molar-refractivity contribution < 1.29 is 19.4 Å². The van der Waals surface area contributed by atoms with Crippen LogP contribution in [0, 0.1) is 0 Å². The van der Waals surface area contributed by atoms with Crippen molar-refractivity contribution >= 4 is 80.8 Å². The number of allylic oxidation sites excluding steroid dienone is 2. The fraction of sp³-hybridized carbons (Fsp3) is 0.810. The summed E-state index contributed by atoms with van der Waals surface area (Å²) in [6.45, 7) is 3.54. The van der Waals surface area contributed by atoms with Gasteiger partial charge in [0.05, 0.1) is 0 Å². The van der Waals surface area contributed by atoms with E-state index in [1.165, 1.54) is 64.7 Å². The van der Waals surface area contributed by atoms with Gasteiger partial charge in [-0.05, 0) is 39.0 Å². The zero-order valence-corrected chi connectivity index (χ0v) is 16.3. The Balaban J connectivity index is 0. The van der Waals surface area contributed by atoms with E-state index in [2.05, 4.69) is 23.8 Å². The van der Waals surface area contributed by atoms with E-state index in [1.807, 2.05) is 0 Å². The molecule has 4 nitrogen and oxygen atoms in total. The number of rotatable bonds is 16. The Morgan fingerprint density at radius 1 is 0.846 bits per heavy atom. The molecular weight excluding hydrogens is 449 g/mol. The number of hydrogen-bond acceptors (Lipinski definition) is 4. The van der Waals surface area contributed by atoms with Gasteiger partial charge >= 0.3 is 80.8 Å². The summed E-state index contributed by atoms with van der Waals surface area (Å²) in [6, 6.07) is 0. The molecule has 0 aliphatic rings. The van der Waals surface area contributed by atoms with Crippen molar-refractivity contribution in [1.82, 2.24) is 0 Å². The maximum absolute atomic E-state index is 11.3. The molecule has 1 atom stereocenters. The number of aliphatic hydroxyl groups excluding tert-OH is 1. The Labute approximate surface area is 219 Å². The molecule has 26 heavy (non-hydrogen) atoms. The first-order valence-corrected chi connectivity index (χ1v) is 10.2. The Kier molecular flexibility index (Phi) is 24.8. The third-order valence-electron chi connectivity index (χ3n) is 4.20. The van der Waals surface area contributed by atoms with Crippen molar-refractivity contribution in [1.29, 1.82) is 0 Å². The van der Waals surface area contributed by atoms with E-state index in [9.17, 15) is 9.59 Å². The van der Waals surface area contributed by atoms with Crippen molar-refractivity contribution in [3.05, 3.63) is 12.2 Å². The molecule has 0 spiro atoms. The third-order valence-corrected chi connectivity index (χ3v) is 4.20. The number of esters is 2. The monoisotopic (exact) mass is 488 g/mol. The van der Waals surface area contributed by atoms with Gasteiger partial charge < -0.3 is 9.84 Å². The van der Waals surface area contributed by atoms with Crippen LogP contribution < -0.4 is 0 Å². The van der Waals surface area contributed by atoms with E-state index in [0.717, 1.165) is 25.7 Å². The summed E-state index contributed by atoms with van der Waals surface area (Å²) in [4.78, 5) is 22.3. The Bertz CT molecular complexity index is 367.